The standard InChI is InChI=1S/C41H59N5O11/c1-40(2,3)56-35(49)25-44-37(51)31(46-36(50)30(42)19-13-14-24-43-39(53)57-41(4,5)6)20-22-33(47)45-32(38(52)55-27-29-17-11-8-12-18-29)21-23-34(48)54-26-28-15-9-7-10-16-28/h7-12,15-18,30-32H,13-14,19-27,42H2,1-6H3,(H,43,53)(H,44,51)(H,45,47)(H,46,50). The number of alkyl carbamates (subject to hydrolysis) is 1. The number of carbonyl (C=O) groups is 7. The predicted octanol–water partition coefficient (Wildman–Crippen LogP) is 3.48. The molecule has 0 aromatic heterocycles. The summed E-state index contributed by atoms with van der Waals surface area (Å²) in [4.78, 5) is 89.5. The van der Waals surface area contributed by atoms with Gasteiger partial charge in [0.2, 0.25) is 17.7 Å². The molecular formula is C41H59N5O11. The highest BCUT2D eigenvalue weighted by molar-refractivity contribution is 5.92. The number of esters is 3. The number of unbranched alkanes of at least 4 members (excludes halogenated alkanes) is 1. The molecule has 0 aliphatic rings. The van der Waals surface area contributed by atoms with Crippen LogP contribution in [0.5, 0.6) is 0 Å². The van der Waals surface area contributed by atoms with E-state index in [0.29, 0.717) is 24.9 Å². The minimum absolute atomic E-state index is 0.0349. The predicted molar refractivity (Wildman–Crippen MR) is 210 cm³/mol. The van der Waals surface area contributed by atoms with E-state index in [1.807, 2.05) is 24.3 Å². The van der Waals surface area contributed by atoms with Gasteiger partial charge in [-0.25, -0.2) is 9.59 Å². The average molecular weight is 798 g/mol. The zero-order chi connectivity index (χ0) is 42.4. The van der Waals surface area contributed by atoms with Crippen molar-refractivity contribution in [2.24, 2.45) is 5.73 Å². The molecule has 4 amide bonds. The first-order valence-electron chi connectivity index (χ1n) is 19.0. The Morgan fingerprint density at radius 1 is 0.614 bits per heavy atom. The smallest absolute Gasteiger partial charge is 0.407 e. The molecule has 0 radical (unpaired) electrons. The van der Waals surface area contributed by atoms with Gasteiger partial charge in [0.25, 0.3) is 0 Å². The van der Waals surface area contributed by atoms with Crippen molar-refractivity contribution in [1.29, 1.82) is 0 Å². The summed E-state index contributed by atoms with van der Waals surface area (Å²) in [6.07, 6.45) is -0.318. The molecule has 0 heterocycles. The fraction of sp³-hybridized carbons (Fsp3) is 0.537. The average Bonchev–Trinajstić information content (AvgIpc) is 3.14. The quantitative estimate of drug-likeness (QED) is 0.0655. The molecule has 3 atom stereocenters. The highest BCUT2D eigenvalue weighted by Gasteiger charge is 2.28. The van der Waals surface area contributed by atoms with E-state index in [9.17, 15) is 33.6 Å². The van der Waals surface area contributed by atoms with Crippen LogP contribution in [0.4, 0.5) is 4.79 Å². The van der Waals surface area contributed by atoms with Crippen LogP contribution >= 0.6 is 0 Å². The van der Waals surface area contributed by atoms with Gasteiger partial charge in [-0.3, -0.25) is 24.0 Å². The van der Waals surface area contributed by atoms with Gasteiger partial charge in [-0.2, -0.15) is 0 Å². The summed E-state index contributed by atoms with van der Waals surface area (Å²) >= 11 is 0. The van der Waals surface area contributed by atoms with Crippen molar-refractivity contribution in [3.63, 3.8) is 0 Å². The number of hydrogen-bond donors (Lipinski definition) is 5. The lowest BCUT2D eigenvalue weighted by Gasteiger charge is -2.23. The molecule has 2 aromatic rings. The summed E-state index contributed by atoms with van der Waals surface area (Å²) in [5.41, 5.74) is 6.17. The molecule has 16 nitrogen and oxygen atoms in total. The zero-order valence-electron chi connectivity index (χ0n) is 33.9. The number of carbonyl (C=O) groups excluding carboxylic acids is 7. The molecule has 0 spiro atoms. The molecule has 57 heavy (non-hydrogen) atoms. The van der Waals surface area contributed by atoms with Gasteiger partial charge in [0.1, 0.15) is 43.0 Å². The van der Waals surface area contributed by atoms with Crippen molar-refractivity contribution in [3.05, 3.63) is 71.8 Å². The van der Waals surface area contributed by atoms with Crippen molar-refractivity contribution in [1.82, 2.24) is 21.3 Å². The van der Waals surface area contributed by atoms with E-state index < -0.39 is 77.6 Å². The van der Waals surface area contributed by atoms with E-state index in [2.05, 4.69) is 21.3 Å². The van der Waals surface area contributed by atoms with Gasteiger partial charge in [0.05, 0.1) is 6.04 Å². The van der Waals surface area contributed by atoms with Gasteiger partial charge in [-0.1, -0.05) is 60.7 Å². The first-order chi connectivity index (χ1) is 26.8. The van der Waals surface area contributed by atoms with Crippen LogP contribution in [-0.2, 0) is 60.9 Å². The van der Waals surface area contributed by atoms with Crippen molar-refractivity contribution in [3.8, 4) is 0 Å². The molecule has 0 fully saturated rings. The van der Waals surface area contributed by atoms with Gasteiger partial charge in [-0.15, -0.1) is 0 Å². The second kappa shape index (κ2) is 24.2. The van der Waals surface area contributed by atoms with Crippen LogP contribution in [-0.4, -0.2) is 84.1 Å². The van der Waals surface area contributed by atoms with Gasteiger partial charge in [-0.05, 0) is 84.8 Å². The van der Waals surface area contributed by atoms with Crippen LogP contribution in [0.15, 0.2) is 60.7 Å². The molecular weight excluding hydrogens is 738 g/mol. The third-order valence-corrected chi connectivity index (χ3v) is 7.79. The monoisotopic (exact) mass is 797 g/mol. The van der Waals surface area contributed by atoms with Crippen molar-refractivity contribution in [2.75, 3.05) is 13.1 Å². The van der Waals surface area contributed by atoms with Crippen LogP contribution in [0.1, 0.15) is 97.6 Å². The summed E-state index contributed by atoms with van der Waals surface area (Å²) in [6.45, 7) is 10.0. The summed E-state index contributed by atoms with van der Waals surface area (Å²) in [5.74, 6) is -4.20. The van der Waals surface area contributed by atoms with E-state index >= 15 is 0 Å². The Bertz CT molecular complexity index is 1610. The summed E-state index contributed by atoms with van der Waals surface area (Å²) in [5, 5.41) is 10.2. The summed E-state index contributed by atoms with van der Waals surface area (Å²) in [7, 11) is 0. The zero-order valence-corrected chi connectivity index (χ0v) is 33.9. The maximum Gasteiger partial charge on any atom is 0.407 e. The van der Waals surface area contributed by atoms with Crippen LogP contribution in [0.3, 0.4) is 0 Å². The lowest BCUT2D eigenvalue weighted by molar-refractivity contribution is -0.154. The van der Waals surface area contributed by atoms with E-state index in [0.717, 1.165) is 5.56 Å². The minimum Gasteiger partial charge on any atom is -0.461 e. The first kappa shape index (κ1) is 47.6. The molecule has 0 saturated carbocycles. The molecule has 0 saturated heterocycles. The molecule has 6 N–H and O–H groups in total. The number of hydrogen-bond acceptors (Lipinski definition) is 12. The first-order valence-corrected chi connectivity index (χ1v) is 19.0. The Hall–Kier alpha value is -5.51. The maximum absolute atomic E-state index is 13.3. The Morgan fingerprint density at radius 3 is 1.75 bits per heavy atom. The number of rotatable bonds is 22. The largest absolute Gasteiger partial charge is 0.461 e. The highest BCUT2D eigenvalue weighted by atomic mass is 16.6. The minimum atomic E-state index is -1.30. The van der Waals surface area contributed by atoms with E-state index in [1.54, 1.807) is 77.9 Å². The summed E-state index contributed by atoms with van der Waals surface area (Å²) in [6, 6.07) is 14.4. The van der Waals surface area contributed by atoms with Crippen molar-refractivity contribution >= 4 is 41.7 Å². The Labute approximate surface area is 334 Å². The third kappa shape index (κ3) is 22.0. The third-order valence-electron chi connectivity index (χ3n) is 7.79. The molecule has 16 heteroatoms. The molecule has 314 valence electrons. The fourth-order valence-electron chi connectivity index (χ4n) is 5.03. The molecule has 0 aliphatic carbocycles. The van der Waals surface area contributed by atoms with Gasteiger partial charge in [0, 0.05) is 19.4 Å². The van der Waals surface area contributed by atoms with Crippen molar-refractivity contribution in [2.45, 2.75) is 129 Å². The number of nitrogens with two attached hydrogens (primary N) is 1. The molecule has 3 unspecified atom stereocenters. The lowest BCUT2D eigenvalue weighted by Crippen LogP contribution is -2.53. The highest BCUT2D eigenvalue weighted by Crippen LogP contribution is 2.11. The van der Waals surface area contributed by atoms with Crippen molar-refractivity contribution < 1.29 is 52.5 Å². The number of amides is 4. The Balaban J connectivity index is 2.05. The fourth-order valence-corrected chi connectivity index (χ4v) is 5.03. The SMILES string of the molecule is CC(C)(C)OC(=O)CNC(=O)C(CCC(=O)NC(CCC(=O)OCc1ccccc1)C(=O)OCc1ccccc1)NC(=O)C(N)CCCCNC(=O)OC(C)(C)C. The number of nitrogens with one attached hydrogen (secondary N) is 4. The van der Waals surface area contributed by atoms with E-state index in [4.69, 9.17) is 24.7 Å². The van der Waals surface area contributed by atoms with Crippen LogP contribution in [0, 0.1) is 0 Å². The second-order valence-electron chi connectivity index (χ2n) is 15.3. The van der Waals surface area contributed by atoms with Gasteiger partial charge < -0.3 is 45.9 Å². The summed E-state index contributed by atoms with van der Waals surface area (Å²) < 4.78 is 21.2. The molecule has 0 bridgehead atoms. The van der Waals surface area contributed by atoms with Gasteiger partial charge >= 0.3 is 24.0 Å². The topological polar surface area (TPSA) is 231 Å². The molecule has 2 rings (SSSR count). The lowest BCUT2D eigenvalue weighted by atomic mass is 10.1. The Morgan fingerprint density at radius 2 is 1.18 bits per heavy atom. The number of benzene rings is 2. The number of ether oxygens (including phenoxy) is 4. The maximum atomic E-state index is 13.3. The van der Waals surface area contributed by atoms with Gasteiger partial charge in [0.15, 0.2) is 0 Å². The molecule has 0 aliphatic heterocycles. The van der Waals surface area contributed by atoms with E-state index in [1.165, 1.54) is 0 Å². The van der Waals surface area contributed by atoms with E-state index in [-0.39, 0.29) is 45.3 Å². The van der Waals surface area contributed by atoms with Crippen LogP contribution in [0.25, 0.3) is 0 Å². The second-order valence-corrected chi connectivity index (χ2v) is 15.3. The van der Waals surface area contributed by atoms with Crippen LogP contribution in [0.2, 0.25) is 0 Å². The normalized spacial score (nSPS) is 12.8. The Kier molecular flexibility index (Phi) is 20.2. The van der Waals surface area contributed by atoms with Crippen LogP contribution < -0.4 is 27.0 Å². The molecule has 2 aromatic carbocycles.